The molecule has 2 N–H and O–H groups in total. The van der Waals surface area contributed by atoms with Crippen LogP contribution >= 0.6 is 0 Å². The standard InChI is InChI=1S/C24H28F6N2O4/c1-21(2)11-17(31-13-16-8-5-9-36-16)19(18(33)12-21)22(23(25,26)27,24(28,29)30)32-20(34)14-6-4-7-15(10-14)35-3/h4,6-7,10,16,31H,5,8-9,11-13H2,1-3H3,(H,32,34)/t16-/m0/s1. The van der Waals surface area contributed by atoms with Crippen molar-refractivity contribution in [3.63, 3.8) is 0 Å². The van der Waals surface area contributed by atoms with E-state index in [-0.39, 0.29) is 18.7 Å². The van der Waals surface area contributed by atoms with E-state index in [0.29, 0.717) is 19.4 Å². The van der Waals surface area contributed by atoms with E-state index >= 15 is 0 Å². The van der Waals surface area contributed by atoms with Crippen LogP contribution in [-0.2, 0) is 9.53 Å². The molecule has 0 unspecified atom stereocenters. The van der Waals surface area contributed by atoms with Gasteiger partial charge in [-0.1, -0.05) is 19.9 Å². The van der Waals surface area contributed by atoms with Gasteiger partial charge in [0.05, 0.1) is 18.8 Å². The van der Waals surface area contributed by atoms with Crippen molar-refractivity contribution in [2.45, 2.75) is 63.5 Å². The molecule has 1 heterocycles. The molecule has 1 aliphatic heterocycles. The van der Waals surface area contributed by atoms with E-state index in [9.17, 15) is 35.9 Å². The van der Waals surface area contributed by atoms with Crippen molar-refractivity contribution in [3.05, 3.63) is 41.1 Å². The maximum atomic E-state index is 14.6. The average Bonchev–Trinajstić information content (AvgIpc) is 3.27. The zero-order valence-electron chi connectivity index (χ0n) is 20.0. The molecule has 3 rings (SSSR count). The number of amides is 1. The van der Waals surface area contributed by atoms with Crippen LogP contribution in [0.3, 0.4) is 0 Å². The van der Waals surface area contributed by atoms with Gasteiger partial charge in [0, 0.05) is 30.8 Å². The summed E-state index contributed by atoms with van der Waals surface area (Å²) < 4.78 is 97.7. The van der Waals surface area contributed by atoms with Gasteiger partial charge in [-0.05, 0) is 42.9 Å². The summed E-state index contributed by atoms with van der Waals surface area (Å²) in [6, 6.07) is 4.68. The molecule has 1 atom stereocenters. The third-order valence-electron chi connectivity index (χ3n) is 6.30. The number of carbonyl (C=O) groups excluding carboxylic acids is 2. The highest BCUT2D eigenvalue weighted by Gasteiger charge is 2.75. The minimum atomic E-state index is -6.09. The second-order valence-electron chi connectivity index (χ2n) is 9.74. The molecule has 12 heteroatoms. The van der Waals surface area contributed by atoms with Crippen molar-refractivity contribution in [2.75, 3.05) is 20.3 Å². The third-order valence-corrected chi connectivity index (χ3v) is 6.30. The zero-order valence-corrected chi connectivity index (χ0v) is 20.0. The van der Waals surface area contributed by atoms with E-state index in [1.165, 1.54) is 24.6 Å². The van der Waals surface area contributed by atoms with Crippen LogP contribution in [0.4, 0.5) is 26.3 Å². The molecular formula is C24H28F6N2O4. The molecule has 36 heavy (non-hydrogen) atoms. The Morgan fingerprint density at radius 3 is 2.36 bits per heavy atom. The lowest BCUT2D eigenvalue weighted by Gasteiger charge is -2.44. The number of rotatable bonds is 7. The zero-order chi connectivity index (χ0) is 26.9. The van der Waals surface area contributed by atoms with Gasteiger partial charge in [0.2, 0.25) is 0 Å². The molecule has 1 aliphatic carbocycles. The fourth-order valence-corrected chi connectivity index (χ4v) is 4.60. The number of methoxy groups -OCH3 is 1. The lowest BCUT2D eigenvalue weighted by Crippen LogP contribution is -2.70. The molecule has 1 aromatic carbocycles. The summed E-state index contributed by atoms with van der Waals surface area (Å²) in [5.74, 6) is -2.95. The number of ketones is 1. The molecule has 6 nitrogen and oxygen atoms in total. The van der Waals surface area contributed by atoms with E-state index in [1.807, 2.05) is 0 Å². The number of benzene rings is 1. The summed E-state index contributed by atoms with van der Waals surface area (Å²) in [5, 5.41) is 3.81. The number of hydrogen-bond donors (Lipinski definition) is 2. The molecule has 0 bridgehead atoms. The highest BCUT2D eigenvalue weighted by Crippen LogP contribution is 2.52. The topological polar surface area (TPSA) is 76.7 Å². The second kappa shape index (κ2) is 9.95. The van der Waals surface area contributed by atoms with Gasteiger partial charge in [-0.3, -0.25) is 9.59 Å². The van der Waals surface area contributed by atoms with Crippen LogP contribution < -0.4 is 15.4 Å². The summed E-state index contributed by atoms with van der Waals surface area (Å²) in [4.78, 5) is 25.9. The molecule has 0 saturated carbocycles. The van der Waals surface area contributed by atoms with Crippen molar-refractivity contribution < 1.29 is 45.4 Å². The Hall–Kier alpha value is -2.76. The first-order chi connectivity index (χ1) is 16.6. The number of alkyl halides is 6. The fourth-order valence-electron chi connectivity index (χ4n) is 4.60. The Bertz CT molecular complexity index is 1010. The molecular weight excluding hydrogens is 494 g/mol. The van der Waals surface area contributed by atoms with E-state index in [1.54, 1.807) is 13.8 Å². The fraction of sp³-hybridized carbons (Fsp3) is 0.583. The summed E-state index contributed by atoms with van der Waals surface area (Å²) in [6.45, 7) is 3.51. The minimum Gasteiger partial charge on any atom is -0.497 e. The predicted octanol–water partition coefficient (Wildman–Crippen LogP) is 4.70. The largest absolute Gasteiger partial charge is 0.497 e. The van der Waals surface area contributed by atoms with Crippen LogP contribution in [-0.4, -0.2) is 55.9 Å². The van der Waals surface area contributed by atoms with Crippen molar-refractivity contribution >= 4 is 11.7 Å². The van der Waals surface area contributed by atoms with Gasteiger partial charge in [-0.25, -0.2) is 0 Å². The van der Waals surface area contributed by atoms with Gasteiger partial charge in [0.15, 0.2) is 5.78 Å². The van der Waals surface area contributed by atoms with E-state index in [2.05, 4.69) is 5.32 Å². The van der Waals surface area contributed by atoms with Crippen LogP contribution in [0.25, 0.3) is 0 Å². The lowest BCUT2D eigenvalue weighted by molar-refractivity contribution is -0.290. The van der Waals surface area contributed by atoms with Gasteiger partial charge in [0.1, 0.15) is 5.75 Å². The minimum absolute atomic E-state index is 0.0564. The quantitative estimate of drug-likeness (QED) is 0.508. The van der Waals surface area contributed by atoms with Crippen LogP contribution in [0.2, 0.25) is 0 Å². The highest BCUT2D eigenvalue weighted by molar-refractivity contribution is 6.02. The van der Waals surface area contributed by atoms with Gasteiger partial charge in [-0.15, -0.1) is 0 Å². The first kappa shape index (κ1) is 27.8. The molecule has 1 amide bonds. The van der Waals surface area contributed by atoms with Crippen molar-refractivity contribution in [3.8, 4) is 5.75 Å². The third kappa shape index (κ3) is 5.47. The molecule has 200 valence electrons. The number of ether oxygens (including phenoxy) is 2. The molecule has 0 spiro atoms. The Labute approximate surface area is 204 Å². The van der Waals surface area contributed by atoms with Crippen molar-refractivity contribution in [1.82, 2.24) is 10.6 Å². The highest BCUT2D eigenvalue weighted by atomic mass is 19.4. The normalized spacial score (nSPS) is 20.9. The summed E-state index contributed by atoms with van der Waals surface area (Å²) in [6.07, 6.45) is -12.2. The lowest BCUT2D eigenvalue weighted by atomic mass is 9.70. The Morgan fingerprint density at radius 2 is 1.81 bits per heavy atom. The van der Waals surface area contributed by atoms with E-state index < -0.39 is 64.4 Å². The average molecular weight is 522 g/mol. The van der Waals surface area contributed by atoms with Crippen LogP contribution in [0.1, 0.15) is 49.9 Å². The van der Waals surface area contributed by atoms with E-state index in [4.69, 9.17) is 9.47 Å². The van der Waals surface area contributed by atoms with Crippen LogP contribution in [0, 0.1) is 5.41 Å². The molecule has 1 aromatic rings. The SMILES string of the molecule is COc1cccc(C(=O)NC(C2=C(NC[C@@H]3CCCO3)CC(C)(C)CC2=O)(C(F)(F)F)C(F)(F)F)c1. The first-order valence-corrected chi connectivity index (χ1v) is 11.3. The molecule has 1 fully saturated rings. The number of nitrogens with one attached hydrogen (secondary N) is 2. The second-order valence-corrected chi connectivity index (χ2v) is 9.74. The summed E-state index contributed by atoms with van der Waals surface area (Å²) in [7, 11) is 1.23. The van der Waals surface area contributed by atoms with Gasteiger partial charge in [0.25, 0.3) is 11.4 Å². The van der Waals surface area contributed by atoms with E-state index in [0.717, 1.165) is 12.1 Å². The maximum Gasteiger partial charge on any atom is 0.425 e. The molecule has 0 radical (unpaired) electrons. The summed E-state index contributed by atoms with van der Waals surface area (Å²) in [5.41, 5.74) is -8.39. The van der Waals surface area contributed by atoms with Gasteiger partial charge < -0.3 is 20.1 Å². The number of allylic oxidation sites excluding steroid dienone is 1. The van der Waals surface area contributed by atoms with Crippen LogP contribution in [0.5, 0.6) is 5.75 Å². The monoisotopic (exact) mass is 522 g/mol. The Morgan fingerprint density at radius 1 is 1.14 bits per heavy atom. The summed E-state index contributed by atoms with van der Waals surface area (Å²) >= 11 is 0. The number of halogens is 6. The maximum absolute atomic E-state index is 14.6. The molecule has 0 aromatic heterocycles. The number of carbonyl (C=O) groups is 2. The Balaban J connectivity index is 2.18. The Kier molecular flexibility index (Phi) is 7.69. The predicted molar refractivity (Wildman–Crippen MR) is 117 cm³/mol. The van der Waals surface area contributed by atoms with Crippen molar-refractivity contribution in [1.29, 1.82) is 0 Å². The van der Waals surface area contributed by atoms with Crippen LogP contribution in [0.15, 0.2) is 35.5 Å². The van der Waals surface area contributed by atoms with Gasteiger partial charge >= 0.3 is 12.4 Å². The molecule has 2 aliphatic rings. The van der Waals surface area contributed by atoms with Gasteiger partial charge in [-0.2, -0.15) is 26.3 Å². The first-order valence-electron chi connectivity index (χ1n) is 11.3. The molecule has 1 saturated heterocycles. The number of Topliss-reactive ketones (excluding diaryl/α,β-unsaturated/α-hetero) is 1. The number of hydrogen-bond acceptors (Lipinski definition) is 5. The van der Waals surface area contributed by atoms with Crippen molar-refractivity contribution in [2.24, 2.45) is 5.41 Å². The smallest absolute Gasteiger partial charge is 0.425 e.